The summed E-state index contributed by atoms with van der Waals surface area (Å²) in [6.07, 6.45) is 17.9. The maximum atomic E-state index is 6.32. The van der Waals surface area contributed by atoms with Crippen molar-refractivity contribution in [3.05, 3.63) is 107 Å². The van der Waals surface area contributed by atoms with Gasteiger partial charge in [-0.25, -0.2) is 0 Å². The van der Waals surface area contributed by atoms with Crippen LogP contribution in [0, 0.1) is 13.8 Å². The number of rotatable bonds is 24. The minimum Gasteiger partial charge on any atom is -0.496 e. The van der Waals surface area contributed by atoms with E-state index >= 15 is 0 Å². The minimum atomic E-state index is -0.0227. The predicted molar refractivity (Wildman–Crippen MR) is 251 cm³/mol. The van der Waals surface area contributed by atoms with Gasteiger partial charge < -0.3 is 23.7 Å². The Morgan fingerprint density at radius 2 is 0.900 bits per heavy atom. The first-order chi connectivity index (χ1) is 29.3. The number of ether oxygens (including phenoxy) is 5. The van der Waals surface area contributed by atoms with Crippen LogP contribution in [0.5, 0.6) is 23.0 Å². The molecule has 0 amide bonds. The van der Waals surface area contributed by atoms with Crippen molar-refractivity contribution in [2.75, 3.05) is 41.7 Å². The topological polar surface area (TPSA) is 46.2 Å². The molecule has 0 aliphatic heterocycles. The van der Waals surface area contributed by atoms with Crippen molar-refractivity contribution in [1.82, 2.24) is 0 Å². The molecule has 0 atom stereocenters. The van der Waals surface area contributed by atoms with E-state index in [-0.39, 0.29) is 5.41 Å². The first kappa shape index (κ1) is 44.8. The smallest absolute Gasteiger partial charge is 0.130 e. The first-order valence-corrected chi connectivity index (χ1v) is 22.8. The van der Waals surface area contributed by atoms with Crippen LogP contribution in [0.15, 0.2) is 84.9 Å². The zero-order valence-electron chi connectivity index (χ0n) is 37.9. The molecule has 0 saturated carbocycles. The van der Waals surface area contributed by atoms with Crippen LogP contribution >= 0.6 is 0 Å². The quantitative estimate of drug-likeness (QED) is 0.0581. The van der Waals surface area contributed by atoms with E-state index in [1.807, 2.05) is 12.1 Å². The number of unbranched alkanes of at least 4 members (excludes halogenated alkanes) is 10. The molecule has 5 heteroatoms. The Morgan fingerprint density at radius 1 is 0.400 bits per heavy atom. The summed E-state index contributed by atoms with van der Waals surface area (Å²) >= 11 is 0. The summed E-state index contributed by atoms with van der Waals surface area (Å²) in [5.41, 5.74) is 14.4. The van der Waals surface area contributed by atoms with Crippen molar-refractivity contribution in [1.29, 1.82) is 0 Å². The molecule has 60 heavy (non-hydrogen) atoms. The molecule has 1 aliphatic rings. The van der Waals surface area contributed by atoms with Crippen molar-refractivity contribution in [2.24, 2.45) is 0 Å². The number of aryl methyl sites for hydroxylation is 2. The molecule has 0 saturated heterocycles. The van der Waals surface area contributed by atoms with Crippen LogP contribution in [0.25, 0.3) is 44.5 Å². The highest BCUT2D eigenvalue weighted by atomic mass is 16.5. The zero-order valence-corrected chi connectivity index (χ0v) is 37.9. The van der Waals surface area contributed by atoms with E-state index in [0.717, 1.165) is 61.9 Å². The molecule has 5 aromatic rings. The molecule has 1 aliphatic carbocycles. The minimum absolute atomic E-state index is 0.0227. The van der Waals surface area contributed by atoms with Crippen LogP contribution < -0.4 is 18.9 Å². The van der Waals surface area contributed by atoms with Gasteiger partial charge in [-0.05, 0) is 96.5 Å². The number of methoxy groups -OCH3 is 4. The van der Waals surface area contributed by atoms with Crippen molar-refractivity contribution in [3.8, 4) is 67.5 Å². The van der Waals surface area contributed by atoms with Gasteiger partial charge in [0, 0.05) is 40.8 Å². The van der Waals surface area contributed by atoms with Crippen LogP contribution in [-0.2, 0) is 10.2 Å². The largest absolute Gasteiger partial charge is 0.496 e. The summed E-state index contributed by atoms with van der Waals surface area (Å²) in [7, 11) is 6.91. The lowest BCUT2D eigenvalue weighted by Crippen LogP contribution is -2.25. The fraction of sp³-hybridized carbons (Fsp3) is 0.455. The summed E-state index contributed by atoms with van der Waals surface area (Å²) < 4.78 is 29.8. The van der Waals surface area contributed by atoms with Gasteiger partial charge in [0.2, 0.25) is 0 Å². The molecular weight excluding hydrogens is 741 g/mol. The third kappa shape index (κ3) is 10.1. The lowest BCUT2D eigenvalue weighted by molar-refractivity contribution is 0.146. The van der Waals surface area contributed by atoms with Gasteiger partial charge in [0.15, 0.2) is 0 Å². The summed E-state index contributed by atoms with van der Waals surface area (Å²) in [6, 6.07) is 31.3. The second-order valence-electron chi connectivity index (χ2n) is 16.9. The lowest BCUT2D eigenvalue weighted by Gasteiger charge is -2.33. The molecule has 0 bridgehead atoms. The average Bonchev–Trinajstić information content (AvgIpc) is 3.53. The Labute approximate surface area is 361 Å². The molecule has 0 unspecified atom stereocenters. The molecule has 5 aromatic carbocycles. The Bertz CT molecular complexity index is 2150. The van der Waals surface area contributed by atoms with Gasteiger partial charge in [0.05, 0.1) is 27.9 Å². The summed E-state index contributed by atoms with van der Waals surface area (Å²) in [5, 5.41) is 0. The van der Waals surface area contributed by atoms with Crippen molar-refractivity contribution in [2.45, 2.75) is 123 Å². The number of fused-ring (bicyclic) bond motifs is 3. The second-order valence-corrected chi connectivity index (χ2v) is 16.9. The van der Waals surface area contributed by atoms with E-state index in [2.05, 4.69) is 100 Å². The molecule has 0 N–H and O–H groups in total. The Balaban J connectivity index is 1.47. The van der Waals surface area contributed by atoms with Crippen LogP contribution in [0.2, 0.25) is 0 Å². The Hall–Kier alpha value is -4.74. The standard InChI is InChI=1S/C55H70O5/c1-9-11-13-15-17-19-29-55(30-20-18-16-14-12-10-2)49-34-40(4)21-25-43(49)44-26-23-42(36-50(44)55)46-37-45(53(58-7)38-54(46)59-8)41-24-28-52(60-32-31-56-5)48(35-41)47-33-39(3)22-27-51(47)57-6/h21-28,33-38H,9-20,29-32H2,1-8H3. The summed E-state index contributed by atoms with van der Waals surface area (Å²) in [6.45, 7) is 9.90. The van der Waals surface area contributed by atoms with E-state index in [1.54, 1.807) is 28.4 Å². The van der Waals surface area contributed by atoms with E-state index < -0.39 is 0 Å². The number of hydrogen-bond acceptors (Lipinski definition) is 5. The SMILES string of the molecule is CCCCCCCCC1(CCCCCCCC)c2cc(C)ccc2-c2ccc(-c3cc(-c4ccc(OCCOC)c(-c5cc(C)ccc5OC)c4)c(OC)cc3OC)cc21. The molecular formula is C55H70O5. The van der Waals surface area contributed by atoms with Gasteiger partial charge in [0.1, 0.15) is 29.6 Å². The van der Waals surface area contributed by atoms with Gasteiger partial charge >= 0.3 is 0 Å². The molecule has 0 aromatic heterocycles. The van der Waals surface area contributed by atoms with Gasteiger partial charge in [0.25, 0.3) is 0 Å². The molecule has 0 fully saturated rings. The zero-order chi connectivity index (χ0) is 42.5. The highest BCUT2D eigenvalue weighted by Gasteiger charge is 2.42. The van der Waals surface area contributed by atoms with Crippen LogP contribution in [0.3, 0.4) is 0 Å². The normalized spacial score (nSPS) is 12.6. The highest BCUT2D eigenvalue weighted by molar-refractivity contribution is 5.89. The molecule has 0 spiro atoms. The third-order valence-corrected chi connectivity index (χ3v) is 12.7. The van der Waals surface area contributed by atoms with Gasteiger partial charge in [-0.1, -0.05) is 144 Å². The highest BCUT2D eigenvalue weighted by Crippen LogP contribution is 2.56. The maximum absolute atomic E-state index is 6.32. The lowest BCUT2D eigenvalue weighted by atomic mass is 9.70. The fourth-order valence-corrected chi connectivity index (χ4v) is 9.51. The van der Waals surface area contributed by atoms with Crippen LogP contribution in [0.4, 0.5) is 0 Å². The molecule has 5 nitrogen and oxygen atoms in total. The van der Waals surface area contributed by atoms with Crippen molar-refractivity contribution >= 4 is 0 Å². The van der Waals surface area contributed by atoms with Crippen LogP contribution in [-0.4, -0.2) is 41.7 Å². The van der Waals surface area contributed by atoms with Gasteiger partial charge in [-0.15, -0.1) is 0 Å². The van der Waals surface area contributed by atoms with Crippen molar-refractivity contribution < 1.29 is 23.7 Å². The van der Waals surface area contributed by atoms with Crippen molar-refractivity contribution in [3.63, 3.8) is 0 Å². The van der Waals surface area contributed by atoms with E-state index in [9.17, 15) is 0 Å². The predicted octanol–water partition coefficient (Wildman–Crippen LogP) is 15.1. The van der Waals surface area contributed by atoms with E-state index in [1.165, 1.54) is 118 Å². The molecule has 6 rings (SSSR count). The van der Waals surface area contributed by atoms with Gasteiger partial charge in [-0.3, -0.25) is 0 Å². The van der Waals surface area contributed by atoms with E-state index in [4.69, 9.17) is 23.7 Å². The molecule has 0 radical (unpaired) electrons. The Kier molecular flexibility index (Phi) is 16.2. The maximum Gasteiger partial charge on any atom is 0.130 e. The molecule has 0 heterocycles. The van der Waals surface area contributed by atoms with Gasteiger partial charge in [-0.2, -0.15) is 0 Å². The summed E-state index contributed by atoms with van der Waals surface area (Å²) in [5.74, 6) is 3.10. The first-order valence-electron chi connectivity index (χ1n) is 22.8. The van der Waals surface area contributed by atoms with E-state index in [0.29, 0.717) is 13.2 Å². The monoisotopic (exact) mass is 811 g/mol. The molecule has 320 valence electrons. The average molecular weight is 811 g/mol. The number of benzene rings is 5. The van der Waals surface area contributed by atoms with Crippen LogP contribution in [0.1, 0.15) is 126 Å². The third-order valence-electron chi connectivity index (χ3n) is 12.7. The Morgan fingerprint density at radius 3 is 1.52 bits per heavy atom. The second kappa shape index (κ2) is 21.7. The number of hydrogen-bond donors (Lipinski definition) is 0. The fourth-order valence-electron chi connectivity index (χ4n) is 9.51. The summed E-state index contributed by atoms with van der Waals surface area (Å²) in [4.78, 5) is 0.